The van der Waals surface area contributed by atoms with E-state index in [2.05, 4.69) is 9.97 Å². The second kappa shape index (κ2) is 10.0. The Bertz CT molecular complexity index is 980. The third-order valence-corrected chi connectivity index (χ3v) is 5.06. The minimum absolute atomic E-state index is 0.285. The molecule has 0 bridgehead atoms. The van der Waals surface area contributed by atoms with Gasteiger partial charge in [0.25, 0.3) is 0 Å². The number of aryl methyl sites for hydroxylation is 1. The molecule has 29 heavy (non-hydrogen) atoms. The van der Waals surface area contributed by atoms with E-state index in [0.717, 1.165) is 22.1 Å². The van der Waals surface area contributed by atoms with E-state index in [9.17, 15) is 4.79 Å². The molecule has 0 amide bonds. The maximum absolute atomic E-state index is 12.7. The highest BCUT2D eigenvalue weighted by molar-refractivity contribution is 7.98. The van der Waals surface area contributed by atoms with Crippen molar-refractivity contribution < 1.29 is 9.53 Å². The molecule has 0 aromatic carbocycles. The summed E-state index contributed by atoms with van der Waals surface area (Å²) < 4.78 is 5.31. The van der Waals surface area contributed by atoms with Gasteiger partial charge in [-0.05, 0) is 62.4 Å². The molecule has 0 aliphatic rings. The fourth-order valence-electron chi connectivity index (χ4n) is 3.02. The zero-order valence-electron chi connectivity index (χ0n) is 16.5. The number of carbonyl (C=O) groups is 1. The van der Waals surface area contributed by atoms with Gasteiger partial charge in [-0.2, -0.15) is 0 Å². The Morgan fingerprint density at radius 3 is 2.48 bits per heavy atom. The fraction of sp³-hybridized carbons (Fsp3) is 0.273. The Morgan fingerprint density at radius 1 is 1.03 bits per heavy atom. The van der Waals surface area contributed by atoms with Crippen LogP contribution in [0.3, 0.4) is 0 Å². The monoisotopic (exact) mass is 408 g/mol. The standard InChI is InChI=1S/C22H24N4O2S/c1-3-28-22(27)16(14-13-15-7-4-11-20(23)24-15)17-8-5-9-18(25-17)19-10-6-12-21(26-19)29-2/h4-12,16H,3,13-14H2,1-2H3,(H2,23,24). The lowest BCUT2D eigenvalue weighted by Gasteiger charge is -2.16. The van der Waals surface area contributed by atoms with Gasteiger partial charge in [0.2, 0.25) is 0 Å². The van der Waals surface area contributed by atoms with E-state index in [0.29, 0.717) is 31.0 Å². The Hall–Kier alpha value is -2.93. The Kier molecular flexibility index (Phi) is 7.19. The molecule has 3 aromatic heterocycles. The van der Waals surface area contributed by atoms with Crippen LogP contribution in [0.15, 0.2) is 59.6 Å². The van der Waals surface area contributed by atoms with Gasteiger partial charge in [-0.1, -0.05) is 18.2 Å². The number of nitrogens with two attached hydrogens (primary N) is 1. The summed E-state index contributed by atoms with van der Waals surface area (Å²) >= 11 is 1.58. The average molecular weight is 409 g/mol. The summed E-state index contributed by atoms with van der Waals surface area (Å²) in [5.74, 6) is -0.302. The van der Waals surface area contributed by atoms with Crippen LogP contribution in [0.5, 0.6) is 0 Å². The highest BCUT2D eigenvalue weighted by atomic mass is 32.2. The third-order valence-electron chi connectivity index (χ3n) is 4.41. The number of aromatic nitrogens is 3. The molecule has 0 spiro atoms. The molecule has 2 N–H and O–H groups in total. The lowest BCUT2D eigenvalue weighted by Crippen LogP contribution is -2.18. The molecular formula is C22H24N4O2S. The number of carbonyl (C=O) groups excluding carboxylic acids is 1. The maximum atomic E-state index is 12.7. The molecule has 1 atom stereocenters. The van der Waals surface area contributed by atoms with Crippen LogP contribution in [0.1, 0.15) is 30.7 Å². The first-order valence-corrected chi connectivity index (χ1v) is 10.7. The van der Waals surface area contributed by atoms with Crippen molar-refractivity contribution in [2.45, 2.75) is 30.7 Å². The molecule has 7 heteroatoms. The van der Waals surface area contributed by atoms with Crippen LogP contribution in [0.4, 0.5) is 5.82 Å². The number of pyridine rings is 3. The summed E-state index contributed by atoms with van der Waals surface area (Å²) in [5.41, 5.74) is 8.78. The molecule has 0 saturated carbocycles. The van der Waals surface area contributed by atoms with E-state index < -0.39 is 5.92 Å². The number of thioether (sulfide) groups is 1. The molecule has 3 aromatic rings. The Labute approximate surface area is 174 Å². The topological polar surface area (TPSA) is 91.0 Å². The van der Waals surface area contributed by atoms with Crippen molar-refractivity contribution in [1.82, 2.24) is 15.0 Å². The van der Waals surface area contributed by atoms with Gasteiger partial charge in [0.05, 0.1) is 34.6 Å². The van der Waals surface area contributed by atoms with E-state index in [4.69, 9.17) is 15.5 Å². The molecule has 0 aliphatic heterocycles. The summed E-state index contributed by atoms with van der Waals surface area (Å²) in [5, 5.41) is 0.921. The van der Waals surface area contributed by atoms with Crippen molar-refractivity contribution in [2.24, 2.45) is 0 Å². The summed E-state index contributed by atoms with van der Waals surface area (Å²) in [6.45, 7) is 2.12. The van der Waals surface area contributed by atoms with Gasteiger partial charge in [0, 0.05) is 5.69 Å². The Morgan fingerprint density at radius 2 is 1.76 bits per heavy atom. The summed E-state index contributed by atoms with van der Waals surface area (Å²) in [4.78, 5) is 26.3. The molecule has 1 unspecified atom stereocenters. The summed E-state index contributed by atoms with van der Waals surface area (Å²) in [6.07, 6.45) is 3.11. The maximum Gasteiger partial charge on any atom is 0.315 e. The van der Waals surface area contributed by atoms with E-state index >= 15 is 0 Å². The van der Waals surface area contributed by atoms with Crippen molar-refractivity contribution in [2.75, 3.05) is 18.6 Å². The molecule has 0 radical (unpaired) electrons. The lowest BCUT2D eigenvalue weighted by atomic mass is 9.97. The average Bonchev–Trinajstić information content (AvgIpc) is 2.74. The quantitative estimate of drug-likeness (QED) is 0.443. The first kappa shape index (κ1) is 20.8. The predicted octanol–water partition coefficient (Wildman–Crippen LogP) is 4.12. The van der Waals surface area contributed by atoms with Crippen molar-refractivity contribution in [1.29, 1.82) is 0 Å². The van der Waals surface area contributed by atoms with Crippen LogP contribution in [-0.4, -0.2) is 33.8 Å². The number of anilines is 1. The number of hydrogen-bond acceptors (Lipinski definition) is 7. The van der Waals surface area contributed by atoms with Gasteiger partial charge in [-0.15, -0.1) is 11.8 Å². The van der Waals surface area contributed by atoms with Crippen molar-refractivity contribution >= 4 is 23.5 Å². The summed E-state index contributed by atoms with van der Waals surface area (Å²) in [6, 6.07) is 17.0. The number of nitrogen functional groups attached to an aromatic ring is 1. The minimum atomic E-state index is -0.484. The highest BCUT2D eigenvalue weighted by Crippen LogP contribution is 2.25. The molecule has 3 heterocycles. The summed E-state index contributed by atoms with van der Waals surface area (Å²) in [7, 11) is 0. The van der Waals surface area contributed by atoms with Crippen LogP contribution in [0.2, 0.25) is 0 Å². The predicted molar refractivity (Wildman–Crippen MR) is 116 cm³/mol. The first-order chi connectivity index (χ1) is 14.1. The zero-order valence-corrected chi connectivity index (χ0v) is 17.4. The van der Waals surface area contributed by atoms with Crippen molar-refractivity contribution in [3.05, 3.63) is 66.0 Å². The van der Waals surface area contributed by atoms with Crippen molar-refractivity contribution in [3.8, 4) is 11.4 Å². The number of esters is 1. The highest BCUT2D eigenvalue weighted by Gasteiger charge is 2.24. The molecule has 150 valence electrons. The molecule has 0 fully saturated rings. The first-order valence-electron chi connectivity index (χ1n) is 9.47. The third kappa shape index (κ3) is 5.54. The van der Waals surface area contributed by atoms with Crippen molar-refractivity contribution in [3.63, 3.8) is 0 Å². The van der Waals surface area contributed by atoms with Gasteiger partial charge in [-0.3, -0.25) is 9.78 Å². The molecular weight excluding hydrogens is 384 g/mol. The Balaban J connectivity index is 1.87. The molecule has 6 nitrogen and oxygen atoms in total. The van der Waals surface area contributed by atoms with Gasteiger partial charge in [-0.25, -0.2) is 9.97 Å². The molecule has 3 rings (SSSR count). The largest absolute Gasteiger partial charge is 0.465 e. The van der Waals surface area contributed by atoms with E-state index in [1.807, 2.05) is 54.8 Å². The van der Waals surface area contributed by atoms with Crippen LogP contribution in [0, 0.1) is 0 Å². The smallest absolute Gasteiger partial charge is 0.315 e. The molecule has 0 saturated heterocycles. The van der Waals surface area contributed by atoms with Gasteiger partial charge >= 0.3 is 5.97 Å². The SMILES string of the molecule is CCOC(=O)C(CCc1cccc(N)n1)c1cccc(-c2cccc(SC)n2)n1. The van der Waals surface area contributed by atoms with E-state index in [1.54, 1.807) is 24.8 Å². The van der Waals surface area contributed by atoms with Crippen LogP contribution in [-0.2, 0) is 16.0 Å². The van der Waals surface area contributed by atoms with Crippen LogP contribution in [0.25, 0.3) is 11.4 Å². The van der Waals surface area contributed by atoms with Gasteiger partial charge in [0.1, 0.15) is 5.82 Å². The molecule has 0 aliphatic carbocycles. The zero-order chi connectivity index (χ0) is 20.6. The lowest BCUT2D eigenvalue weighted by molar-refractivity contribution is -0.145. The van der Waals surface area contributed by atoms with Gasteiger partial charge < -0.3 is 10.5 Å². The fourth-order valence-corrected chi connectivity index (χ4v) is 3.42. The van der Waals surface area contributed by atoms with Crippen LogP contribution < -0.4 is 5.73 Å². The number of ether oxygens (including phenoxy) is 1. The van der Waals surface area contributed by atoms with Crippen LogP contribution >= 0.6 is 11.8 Å². The van der Waals surface area contributed by atoms with E-state index in [-0.39, 0.29) is 5.97 Å². The normalized spacial score (nSPS) is 11.8. The number of rotatable bonds is 8. The number of hydrogen-bond donors (Lipinski definition) is 1. The minimum Gasteiger partial charge on any atom is -0.465 e. The second-order valence-corrected chi connectivity index (χ2v) is 7.24. The van der Waals surface area contributed by atoms with Gasteiger partial charge in [0.15, 0.2) is 0 Å². The number of nitrogens with zero attached hydrogens (tertiary/aromatic N) is 3. The van der Waals surface area contributed by atoms with E-state index in [1.165, 1.54) is 0 Å². The second-order valence-electron chi connectivity index (χ2n) is 6.41.